The molecule has 0 bridgehead atoms. The summed E-state index contributed by atoms with van der Waals surface area (Å²) < 4.78 is 20.9. The van der Waals surface area contributed by atoms with Crippen molar-refractivity contribution in [3.05, 3.63) is 11.6 Å². The number of nitrogens with zero attached hydrogens (tertiary/aromatic N) is 4. The number of carbonyl (C=O) groups is 1. The summed E-state index contributed by atoms with van der Waals surface area (Å²) in [6, 6.07) is 0.0712. The summed E-state index contributed by atoms with van der Waals surface area (Å²) >= 11 is 0. The van der Waals surface area contributed by atoms with Crippen LogP contribution in [0.4, 0.5) is 4.39 Å². The Hall–Kier alpha value is -1.50. The van der Waals surface area contributed by atoms with E-state index in [1.807, 2.05) is 11.8 Å². The minimum atomic E-state index is -0.795. The van der Waals surface area contributed by atoms with Gasteiger partial charge < -0.3 is 14.2 Å². The maximum atomic E-state index is 13.1. The maximum absolute atomic E-state index is 13.1. The average molecular weight is 336 g/mol. The molecule has 2 aliphatic carbocycles. The van der Waals surface area contributed by atoms with Crippen molar-refractivity contribution < 1.29 is 13.9 Å². The Balaban J connectivity index is 1.39. The molecule has 1 aromatic heterocycles. The molecule has 4 rings (SSSR count). The van der Waals surface area contributed by atoms with Crippen LogP contribution in [-0.2, 0) is 29.1 Å². The highest BCUT2D eigenvalue weighted by atomic mass is 19.1. The molecule has 6 nitrogen and oxygen atoms in total. The van der Waals surface area contributed by atoms with Crippen LogP contribution in [0.5, 0.6) is 0 Å². The van der Waals surface area contributed by atoms with Gasteiger partial charge in [-0.25, -0.2) is 4.39 Å². The van der Waals surface area contributed by atoms with Crippen LogP contribution < -0.4 is 0 Å². The molecule has 0 spiro atoms. The predicted octanol–water partition coefficient (Wildman–Crippen LogP) is 1.73. The Morgan fingerprint density at radius 3 is 2.79 bits per heavy atom. The lowest BCUT2D eigenvalue weighted by molar-refractivity contribution is -0.142. The number of carbonyl (C=O) groups excluding carboxylic acids is 1. The SMILES string of the molecule is CC1Cc2nnc(COCC3CC3)n2CCN1C(=O)C1CC(F)C1. The van der Waals surface area contributed by atoms with E-state index in [2.05, 4.69) is 14.8 Å². The van der Waals surface area contributed by atoms with Crippen molar-refractivity contribution in [2.75, 3.05) is 13.2 Å². The largest absolute Gasteiger partial charge is 0.373 e. The Kier molecular flexibility index (Phi) is 4.28. The van der Waals surface area contributed by atoms with Gasteiger partial charge >= 0.3 is 0 Å². The number of halogens is 1. The summed E-state index contributed by atoms with van der Waals surface area (Å²) in [6.07, 6.45) is 3.20. The Morgan fingerprint density at radius 2 is 2.08 bits per heavy atom. The number of aromatic nitrogens is 3. The smallest absolute Gasteiger partial charge is 0.226 e. The fourth-order valence-electron chi connectivity index (χ4n) is 3.60. The second-order valence-corrected chi connectivity index (χ2v) is 7.49. The molecule has 7 heteroatoms. The normalized spacial score (nSPS) is 29.8. The van der Waals surface area contributed by atoms with Gasteiger partial charge in [0.25, 0.3) is 0 Å². The lowest BCUT2D eigenvalue weighted by atomic mass is 9.82. The number of hydrogen-bond acceptors (Lipinski definition) is 4. The van der Waals surface area contributed by atoms with E-state index in [-0.39, 0.29) is 17.9 Å². The van der Waals surface area contributed by atoms with Gasteiger partial charge in [0.05, 0.1) is 0 Å². The number of amides is 1. The molecule has 0 aromatic carbocycles. The maximum Gasteiger partial charge on any atom is 0.226 e. The summed E-state index contributed by atoms with van der Waals surface area (Å²) in [5.74, 6) is 2.46. The Labute approximate surface area is 141 Å². The summed E-state index contributed by atoms with van der Waals surface area (Å²) in [5, 5.41) is 8.57. The second-order valence-electron chi connectivity index (χ2n) is 7.49. The zero-order valence-corrected chi connectivity index (χ0v) is 14.2. The van der Waals surface area contributed by atoms with Crippen LogP contribution in [0.1, 0.15) is 44.3 Å². The van der Waals surface area contributed by atoms with Gasteiger partial charge in [0.2, 0.25) is 5.91 Å². The van der Waals surface area contributed by atoms with E-state index in [0.29, 0.717) is 39.0 Å². The van der Waals surface area contributed by atoms with E-state index in [9.17, 15) is 9.18 Å². The van der Waals surface area contributed by atoms with Crippen LogP contribution >= 0.6 is 0 Å². The predicted molar refractivity (Wildman–Crippen MR) is 84.9 cm³/mol. The average Bonchev–Trinajstić information content (AvgIpc) is 3.30. The van der Waals surface area contributed by atoms with E-state index in [1.54, 1.807) is 0 Å². The fraction of sp³-hybridized carbons (Fsp3) is 0.824. The molecule has 3 aliphatic rings. The van der Waals surface area contributed by atoms with E-state index < -0.39 is 6.17 Å². The number of alkyl halides is 1. The summed E-state index contributed by atoms with van der Waals surface area (Å²) in [7, 11) is 0. The highest BCUT2D eigenvalue weighted by Gasteiger charge is 2.39. The van der Waals surface area contributed by atoms with Crippen LogP contribution in [-0.4, -0.2) is 50.9 Å². The highest BCUT2D eigenvalue weighted by molar-refractivity contribution is 5.80. The van der Waals surface area contributed by atoms with Crippen LogP contribution in [0, 0.1) is 11.8 Å². The molecular weight excluding hydrogens is 311 g/mol. The molecule has 24 heavy (non-hydrogen) atoms. The quantitative estimate of drug-likeness (QED) is 0.821. The first-order valence-electron chi connectivity index (χ1n) is 9.05. The fourth-order valence-corrected chi connectivity index (χ4v) is 3.60. The second kappa shape index (κ2) is 6.43. The van der Waals surface area contributed by atoms with E-state index >= 15 is 0 Å². The zero-order valence-electron chi connectivity index (χ0n) is 14.2. The summed E-state index contributed by atoms with van der Waals surface area (Å²) in [4.78, 5) is 14.5. The van der Waals surface area contributed by atoms with Crippen molar-refractivity contribution in [1.29, 1.82) is 0 Å². The van der Waals surface area contributed by atoms with E-state index in [4.69, 9.17) is 4.74 Å². The Morgan fingerprint density at radius 1 is 1.29 bits per heavy atom. The molecule has 1 unspecified atom stereocenters. The number of ether oxygens (including phenoxy) is 1. The van der Waals surface area contributed by atoms with Crippen molar-refractivity contribution in [3.8, 4) is 0 Å². The van der Waals surface area contributed by atoms with Gasteiger partial charge in [0, 0.05) is 38.1 Å². The third kappa shape index (κ3) is 3.18. The summed E-state index contributed by atoms with van der Waals surface area (Å²) in [5.41, 5.74) is 0. The molecule has 0 radical (unpaired) electrons. The lowest BCUT2D eigenvalue weighted by Gasteiger charge is -2.35. The first kappa shape index (κ1) is 16.0. The van der Waals surface area contributed by atoms with Crippen molar-refractivity contribution in [1.82, 2.24) is 19.7 Å². The molecule has 0 N–H and O–H groups in total. The van der Waals surface area contributed by atoms with E-state index in [0.717, 1.165) is 24.2 Å². The Bertz CT molecular complexity index is 610. The molecule has 0 saturated heterocycles. The molecule has 1 amide bonds. The van der Waals surface area contributed by atoms with Gasteiger partial charge in [0.15, 0.2) is 5.82 Å². The van der Waals surface area contributed by atoms with Gasteiger partial charge in [-0.15, -0.1) is 10.2 Å². The first-order valence-corrected chi connectivity index (χ1v) is 9.05. The minimum Gasteiger partial charge on any atom is -0.373 e. The van der Waals surface area contributed by atoms with E-state index in [1.165, 1.54) is 12.8 Å². The standard InChI is InChI=1S/C17H25FN4O2/c1-11-6-15-19-20-16(10-24-9-12-2-3-12)22(15)5-4-21(11)17(23)13-7-14(18)8-13/h11-14H,2-10H2,1H3. The first-order chi connectivity index (χ1) is 11.6. The minimum absolute atomic E-state index is 0.0712. The van der Waals surface area contributed by atoms with Crippen LogP contribution in [0.15, 0.2) is 0 Å². The number of rotatable bonds is 5. The van der Waals surface area contributed by atoms with Crippen molar-refractivity contribution in [3.63, 3.8) is 0 Å². The van der Waals surface area contributed by atoms with Crippen molar-refractivity contribution in [2.45, 2.75) is 64.4 Å². The molecule has 132 valence electrons. The molecule has 1 aliphatic heterocycles. The van der Waals surface area contributed by atoms with Crippen LogP contribution in [0.2, 0.25) is 0 Å². The van der Waals surface area contributed by atoms with Gasteiger partial charge in [-0.05, 0) is 38.5 Å². The van der Waals surface area contributed by atoms with Gasteiger partial charge in [-0.3, -0.25) is 4.79 Å². The molecule has 1 atom stereocenters. The monoisotopic (exact) mass is 336 g/mol. The van der Waals surface area contributed by atoms with Crippen molar-refractivity contribution >= 4 is 5.91 Å². The van der Waals surface area contributed by atoms with Crippen LogP contribution in [0.3, 0.4) is 0 Å². The topological polar surface area (TPSA) is 60.3 Å². The molecule has 2 fully saturated rings. The number of fused-ring (bicyclic) bond motifs is 1. The third-order valence-corrected chi connectivity index (χ3v) is 5.47. The van der Waals surface area contributed by atoms with Crippen LogP contribution in [0.25, 0.3) is 0 Å². The highest BCUT2D eigenvalue weighted by Crippen LogP contribution is 2.33. The van der Waals surface area contributed by atoms with Crippen molar-refractivity contribution in [2.24, 2.45) is 11.8 Å². The summed E-state index contributed by atoms with van der Waals surface area (Å²) in [6.45, 7) is 4.64. The van der Waals surface area contributed by atoms with Gasteiger partial charge in [-0.1, -0.05) is 0 Å². The molecule has 1 aromatic rings. The van der Waals surface area contributed by atoms with Gasteiger partial charge in [-0.2, -0.15) is 0 Å². The zero-order chi connectivity index (χ0) is 16.7. The molecule has 2 heterocycles. The number of hydrogen-bond donors (Lipinski definition) is 0. The molecule has 2 saturated carbocycles. The molecular formula is C17H25FN4O2. The van der Waals surface area contributed by atoms with Gasteiger partial charge in [0.1, 0.15) is 18.6 Å². The third-order valence-electron chi connectivity index (χ3n) is 5.47. The lowest BCUT2D eigenvalue weighted by Crippen LogP contribution is -2.47.